The third kappa shape index (κ3) is 6.33. The number of hydrogen-bond acceptors (Lipinski definition) is 5. The number of nitrogens with zero attached hydrogens (tertiary/aromatic N) is 5. The van der Waals surface area contributed by atoms with Gasteiger partial charge in [-0.05, 0) is 129 Å². The molecule has 0 fully saturated rings. The first kappa shape index (κ1) is 42.1. The molecule has 0 aliphatic carbocycles. The molecule has 9 aromatic rings. The van der Waals surface area contributed by atoms with Crippen LogP contribution in [-0.2, 0) is 21.7 Å². The minimum Gasteiger partial charge on any atom is -0.457 e. The number of ether oxygens (including phenoxy) is 1. The fraction of sp³-hybridized carbons (Fsp3) is 0.242. The highest BCUT2D eigenvalue weighted by atomic mass is 16.5. The van der Waals surface area contributed by atoms with E-state index in [1.807, 2.05) is 6.20 Å². The zero-order chi connectivity index (χ0) is 47.1. The van der Waals surface area contributed by atoms with E-state index < -0.39 is 0 Å². The summed E-state index contributed by atoms with van der Waals surface area (Å²) in [6, 6.07) is 58.0. The molecule has 6 nitrogen and oxygen atoms in total. The molecule has 3 aliphatic rings. The van der Waals surface area contributed by atoms with Gasteiger partial charge in [0.25, 0.3) is 0 Å². The number of anilines is 7. The van der Waals surface area contributed by atoms with Crippen LogP contribution in [0.15, 0.2) is 164 Å². The van der Waals surface area contributed by atoms with Crippen molar-refractivity contribution < 1.29 is 4.74 Å². The summed E-state index contributed by atoms with van der Waals surface area (Å²) in [5.41, 5.74) is 18.1. The monoisotopic (exact) mass is 889 g/mol. The van der Waals surface area contributed by atoms with Gasteiger partial charge >= 0.3 is 0 Å². The van der Waals surface area contributed by atoms with Gasteiger partial charge in [0.1, 0.15) is 24.0 Å². The standard InChI is InChI=1S/C62H59N5O/c1-59(2,3)39-26-29-51-46(32-39)45-28-27-44(37-56(45)66(51)57-33-40(30-31-63-57)60(4,5)6)68-43-19-17-18-41(34-43)64-38-65(55-25-16-15-24-54(55)64)42-35-49-58-50(36-42)62(9,10)48-21-12-14-23-53(48)67(58)52-22-13-11-20-47(52)61(49,7)8/h11-37H,38H2,1-10H3. The normalized spacial score (nSPS) is 15.6. The minimum absolute atomic E-state index is 0.0140. The highest BCUT2D eigenvalue weighted by Gasteiger charge is 2.46. The van der Waals surface area contributed by atoms with E-state index in [0.717, 1.165) is 39.7 Å². The molecule has 0 saturated carbocycles. The van der Waals surface area contributed by atoms with Gasteiger partial charge in [-0.1, -0.05) is 130 Å². The Labute approximate surface area is 401 Å². The van der Waals surface area contributed by atoms with Crippen LogP contribution in [0.1, 0.15) is 103 Å². The first-order valence-electron chi connectivity index (χ1n) is 24.1. The van der Waals surface area contributed by atoms with E-state index in [2.05, 4.69) is 246 Å². The van der Waals surface area contributed by atoms with E-state index in [1.165, 1.54) is 72.6 Å². The summed E-state index contributed by atoms with van der Waals surface area (Å²) < 4.78 is 9.17. The Balaban J connectivity index is 0.929. The molecule has 0 N–H and O–H groups in total. The van der Waals surface area contributed by atoms with Gasteiger partial charge in [-0.15, -0.1) is 0 Å². The van der Waals surface area contributed by atoms with Crippen molar-refractivity contribution in [3.63, 3.8) is 0 Å². The summed E-state index contributed by atoms with van der Waals surface area (Å²) in [7, 11) is 0. The van der Waals surface area contributed by atoms with Crippen LogP contribution in [0.3, 0.4) is 0 Å². The Kier molecular flexibility index (Phi) is 9.03. The molecule has 0 spiro atoms. The average Bonchev–Trinajstić information content (AvgIpc) is 3.87. The van der Waals surface area contributed by atoms with E-state index in [4.69, 9.17) is 9.72 Å². The molecule has 0 unspecified atom stereocenters. The van der Waals surface area contributed by atoms with Crippen LogP contribution in [0.25, 0.3) is 27.6 Å². The Morgan fingerprint density at radius 2 is 1.04 bits per heavy atom. The summed E-state index contributed by atoms with van der Waals surface area (Å²) in [6.07, 6.45) is 1.94. The van der Waals surface area contributed by atoms with Crippen LogP contribution >= 0.6 is 0 Å². The van der Waals surface area contributed by atoms with Crippen LogP contribution < -0.4 is 19.4 Å². The van der Waals surface area contributed by atoms with Crippen molar-refractivity contribution in [1.82, 2.24) is 9.55 Å². The largest absolute Gasteiger partial charge is 0.457 e. The molecule has 0 amide bonds. The summed E-state index contributed by atoms with van der Waals surface area (Å²) in [6.45, 7) is 23.8. The predicted molar refractivity (Wildman–Crippen MR) is 283 cm³/mol. The maximum absolute atomic E-state index is 6.86. The van der Waals surface area contributed by atoms with E-state index in [-0.39, 0.29) is 21.7 Å². The van der Waals surface area contributed by atoms with Crippen molar-refractivity contribution in [1.29, 1.82) is 0 Å². The van der Waals surface area contributed by atoms with Crippen molar-refractivity contribution in [2.24, 2.45) is 0 Å². The first-order valence-corrected chi connectivity index (χ1v) is 24.1. The van der Waals surface area contributed by atoms with Gasteiger partial charge in [0, 0.05) is 51.3 Å². The van der Waals surface area contributed by atoms with Gasteiger partial charge in [0.15, 0.2) is 0 Å². The number of rotatable bonds is 5. The molecule has 6 heteroatoms. The number of fused-ring (bicyclic) bond motifs is 8. The topological polar surface area (TPSA) is 36.8 Å². The first-order chi connectivity index (χ1) is 32.5. The second-order valence-corrected chi connectivity index (χ2v) is 22.2. The zero-order valence-electron chi connectivity index (χ0n) is 40.9. The number of aromatic nitrogens is 2. The van der Waals surface area contributed by atoms with Crippen molar-refractivity contribution in [3.05, 3.63) is 197 Å². The summed E-state index contributed by atoms with van der Waals surface area (Å²) in [5.74, 6) is 2.46. The fourth-order valence-electron chi connectivity index (χ4n) is 11.3. The SMILES string of the molecule is CC(C)(C)c1ccnc(-n2c3ccc(C(C)(C)C)cc3c3ccc(Oc4cccc(N5CN(c6cc7c8c(c6)C(C)(C)c6ccccc6N8c6ccccc6C7(C)C)c6ccccc65)c4)cc32)c1. The van der Waals surface area contributed by atoms with Gasteiger partial charge in [0.05, 0.1) is 39.5 Å². The molecule has 0 bridgehead atoms. The molecule has 0 atom stereocenters. The van der Waals surface area contributed by atoms with Crippen LogP contribution in [0, 0.1) is 0 Å². The number of pyridine rings is 1. The van der Waals surface area contributed by atoms with Crippen LogP contribution in [0.4, 0.5) is 39.8 Å². The molecule has 338 valence electrons. The Bertz CT molecular complexity index is 3440. The van der Waals surface area contributed by atoms with Gasteiger partial charge in [0.2, 0.25) is 0 Å². The van der Waals surface area contributed by atoms with E-state index in [9.17, 15) is 0 Å². The molecular formula is C62H59N5O. The molecule has 5 heterocycles. The maximum atomic E-state index is 6.86. The lowest BCUT2D eigenvalue weighted by atomic mass is 9.66. The maximum Gasteiger partial charge on any atom is 0.137 e. The number of para-hydroxylation sites is 4. The minimum atomic E-state index is -0.222. The lowest BCUT2D eigenvalue weighted by Crippen LogP contribution is -2.38. The van der Waals surface area contributed by atoms with Gasteiger partial charge in [-0.25, -0.2) is 4.98 Å². The lowest BCUT2D eigenvalue weighted by molar-refractivity contribution is 0.483. The summed E-state index contributed by atoms with van der Waals surface area (Å²) in [5, 5.41) is 2.39. The number of benzene rings is 7. The lowest BCUT2D eigenvalue weighted by Gasteiger charge is -2.50. The van der Waals surface area contributed by atoms with Crippen molar-refractivity contribution >= 4 is 61.6 Å². The predicted octanol–water partition coefficient (Wildman–Crippen LogP) is 16.6. The third-order valence-corrected chi connectivity index (χ3v) is 15.2. The quantitative estimate of drug-likeness (QED) is 0.172. The summed E-state index contributed by atoms with van der Waals surface area (Å²) in [4.78, 5) is 12.4. The molecular weight excluding hydrogens is 831 g/mol. The third-order valence-electron chi connectivity index (χ3n) is 15.2. The van der Waals surface area contributed by atoms with Gasteiger partial charge in [-0.2, -0.15) is 0 Å². The van der Waals surface area contributed by atoms with Crippen LogP contribution in [0.2, 0.25) is 0 Å². The molecule has 3 aliphatic heterocycles. The Morgan fingerprint density at radius 3 is 1.68 bits per heavy atom. The molecule has 7 aromatic carbocycles. The van der Waals surface area contributed by atoms with Crippen molar-refractivity contribution in [2.75, 3.05) is 21.4 Å². The van der Waals surface area contributed by atoms with Crippen LogP contribution in [0.5, 0.6) is 11.5 Å². The van der Waals surface area contributed by atoms with Crippen molar-refractivity contribution in [3.8, 4) is 17.3 Å². The molecule has 68 heavy (non-hydrogen) atoms. The fourth-order valence-corrected chi connectivity index (χ4v) is 11.3. The second-order valence-electron chi connectivity index (χ2n) is 22.2. The van der Waals surface area contributed by atoms with Gasteiger partial charge < -0.3 is 19.4 Å². The van der Waals surface area contributed by atoms with Gasteiger partial charge in [-0.3, -0.25) is 4.57 Å². The zero-order valence-corrected chi connectivity index (χ0v) is 40.9. The van der Waals surface area contributed by atoms with E-state index in [1.54, 1.807) is 0 Å². The highest BCUT2D eigenvalue weighted by Crippen LogP contribution is 2.61. The average molecular weight is 890 g/mol. The van der Waals surface area contributed by atoms with Crippen molar-refractivity contribution in [2.45, 2.75) is 90.9 Å². The Morgan fingerprint density at radius 1 is 0.471 bits per heavy atom. The molecule has 0 saturated heterocycles. The molecule has 2 aromatic heterocycles. The van der Waals surface area contributed by atoms with E-state index in [0.29, 0.717) is 6.67 Å². The van der Waals surface area contributed by atoms with Crippen LogP contribution in [-0.4, -0.2) is 16.2 Å². The second kappa shape index (κ2) is 14.6. The molecule has 12 rings (SSSR count). The Hall–Kier alpha value is -7.31. The van der Waals surface area contributed by atoms with E-state index >= 15 is 0 Å². The highest BCUT2D eigenvalue weighted by molar-refractivity contribution is 6.10. The molecule has 0 radical (unpaired) electrons. The summed E-state index contributed by atoms with van der Waals surface area (Å²) >= 11 is 0. The smallest absolute Gasteiger partial charge is 0.137 e. The number of hydrogen-bond donors (Lipinski definition) is 0.